The summed E-state index contributed by atoms with van der Waals surface area (Å²) >= 11 is 0. The lowest BCUT2D eigenvalue weighted by atomic mass is 9.91. The minimum atomic E-state index is 0.189. The van der Waals surface area contributed by atoms with E-state index in [4.69, 9.17) is 4.74 Å². The molecule has 0 spiro atoms. The van der Waals surface area contributed by atoms with E-state index in [-0.39, 0.29) is 5.60 Å². The van der Waals surface area contributed by atoms with Crippen LogP contribution in [-0.2, 0) is 4.74 Å². The first-order valence-corrected chi connectivity index (χ1v) is 5.16. The van der Waals surface area contributed by atoms with Crippen molar-refractivity contribution in [3.63, 3.8) is 0 Å². The van der Waals surface area contributed by atoms with Crippen LogP contribution in [0.4, 0.5) is 0 Å². The quantitative estimate of drug-likeness (QED) is 0.586. The zero-order valence-electron chi connectivity index (χ0n) is 8.10. The van der Waals surface area contributed by atoms with Gasteiger partial charge >= 0.3 is 0 Å². The third-order valence-electron chi connectivity index (χ3n) is 3.33. The smallest absolute Gasteiger partial charge is 0.0897 e. The summed E-state index contributed by atoms with van der Waals surface area (Å²) in [5.74, 6) is 0.839. The second-order valence-corrected chi connectivity index (χ2v) is 3.98. The standard InChI is InChI=1S/C11H18O/c1-3-10-7-9-5-6-11(10,8-9)12-4-2/h7,9H,3-6,8H2,1-2H3. The first-order valence-electron chi connectivity index (χ1n) is 5.16. The molecule has 1 nitrogen and oxygen atoms in total. The Bertz CT molecular complexity index is 207. The summed E-state index contributed by atoms with van der Waals surface area (Å²) in [6, 6.07) is 0. The Morgan fingerprint density at radius 2 is 2.42 bits per heavy atom. The van der Waals surface area contributed by atoms with Gasteiger partial charge in [-0.05, 0) is 44.1 Å². The average Bonchev–Trinajstić information content (AvgIpc) is 2.60. The van der Waals surface area contributed by atoms with Gasteiger partial charge in [0.2, 0.25) is 0 Å². The lowest BCUT2D eigenvalue weighted by Crippen LogP contribution is -2.29. The maximum atomic E-state index is 5.92. The van der Waals surface area contributed by atoms with Crippen molar-refractivity contribution in [1.29, 1.82) is 0 Å². The van der Waals surface area contributed by atoms with Crippen LogP contribution in [-0.4, -0.2) is 12.2 Å². The molecule has 1 fully saturated rings. The van der Waals surface area contributed by atoms with Gasteiger partial charge in [0.25, 0.3) is 0 Å². The van der Waals surface area contributed by atoms with Crippen molar-refractivity contribution in [1.82, 2.24) is 0 Å². The van der Waals surface area contributed by atoms with Gasteiger partial charge in [-0.15, -0.1) is 0 Å². The molecule has 1 saturated carbocycles. The Morgan fingerprint density at radius 3 is 3.00 bits per heavy atom. The lowest BCUT2D eigenvalue weighted by Gasteiger charge is -2.29. The molecule has 0 radical (unpaired) electrons. The number of rotatable bonds is 3. The van der Waals surface area contributed by atoms with Crippen LogP contribution in [0.3, 0.4) is 0 Å². The van der Waals surface area contributed by atoms with E-state index in [0.717, 1.165) is 12.5 Å². The molecule has 0 aromatic carbocycles. The Hall–Kier alpha value is -0.300. The van der Waals surface area contributed by atoms with Gasteiger partial charge in [-0.2, -0.15) is 0 Å². The third kappa shape index (κ3) is 1.03. The molecule has 2 unspecified atom stereocenters. The van der Waals surface area contributed by atoms with Crippen LogP contribution in [0.5, 0.6) is 0 Å². The first-order chi connectivity index (χ1) is 5.80. The fourth-order valence-electron chi connectivity index (χ4n) is 2.86. The molecule has 2 bridgehead atoms. The molecule has 1 heteroatoms. The van der Waals surface area contributed by atoms with Crippen LogP contribution in [0.25, 0.3) is 0 Å². The predicted octanol–water partition coefficient (Wildman–Crippen LogP) is 2.91. The van der Waals surface area contributed by atoms with Gasteiger partial charge in [0.15, 0.2) is 0 Å². The van der Waals surface area contributed by atoms with Crippen molar-refractivity contribution in [2.75, 3.05) is 6.61 Å². The molecular formula is C11H18O. The zero-order chi connectivity index (χ0) is 8.60. The number of fused-ring (bicyclic) bond motifs is 2. The molecule has 0 aromatic rings. The first kappa shape index (κ1) is 8.31. The van der Waals surface area contributed by atoms with Crippen molar-refractivity contribution in [3.8, 4) is 0 Å². The van der Waals surface area contributed by atoms with E-state index in [1.807, 2.05) is 0 Å². The second kappa shape index (κ2) is 2.88. The summed E-state index contributed by atoms with van der Waals surface area (Å²) in [5, 5.41) is 0. The van der Waals surface area contributed by atoms with Gasteiger partial charge in [0.1, 0.15) is 0 Å². The van der Waals surface area contributed by atoms with Gasteiger partial charge in [0, 0.05) is 6.61 Å². The van der Waals surface area contributed by atoms with Crippen LogP contribution in [0.2, 0.25) is 0 Å². The Morgan fingerprint density at radius 1 is 1.58 bits per heavy atom. The summed E-state index contributed by atoms with van der Waals surface area (Å²) in [6.45, 7) is 5.21. The number of allylic oxidation sites excluding steroid dienone is 1. The minimum absolute atomic E-state index is 0.189. The van der Waals surface area contributed by atoms with Crippen LogP contribution < -0.4 is 0 Å². The largest absolute Gasteiger partial charge is 0.371 e. The Balaban J connectivity index is 2.18. The van der Waals surface area contributed by atoms with Gasteiger partial charge in [0.05, 0.1) is 5.60 Å². The van der Waals surface area contributed by atoms with E-state index in [2.05, 4.69) is 19.9 Å². The number of ether oxygens (including phenoxy) is 1. The highest BCUT2D eigenvalue weighted by Crippen LogP contribution is 2.50. The summed E-state index contributed by atoms with van der Waals surface area (Å²) in [7, 11) is 0. The van der Waals surface area contributed by atoms with Gasteiger partial charge in [-0.1, -0.05) is 13.0 Å². The molecule has 2 aliphatic carbocycles. The topological polar surface area (TPSA) is 9.23 Å². The monoisotopic (exact) mass is 166 g/mol. The molecule has 0 aromatic heterocycles. The third-order valence-corrected chi connectivity index (χ3v) is 3.33. The molecule has 0 amide bonds. The summed E-state index contributed by atoms with van der Waals surface area (Å²) in [4.78, 5) is 0. The van der Waals surface area contributed by atoms with Crippen molar-refractivity contribution in [2.24, 2.45) is 5.92 Å². The van der Waals surface area contributed by atoms with Crippen molar-refractivity contribution >= 4 is 0 Å². The molecule has 0 heterocycles. The predicted molar refractivity (Wildman–Crippen MR) is 50.1 cm³/mol. The molecule has 0 N–H and O–H groups in total. The fraction of sp³-hybridized carbons (Fsp3) is 0.818. The minimum Gasteiger partial charge on any atom is -0.371 e. The van der Waals surface area contributed by atoms with Gasteiger partial charge in [-0.3, -0.25) is 0 Å². The van der Waals surface area contributed by atoms with Crippen molar-refractivity contribution in [2.45, 2.75) is 45.1 Å². The summed E-state index contributed by atoms with van der Waals surface area (Å²) < 4.78 is 5.92. The average molecular weight is 166 g/mol. The molecule has 68 valence electrons. The van der Waals surface area contributed by atoms with Crippen LogP contribution in [0.15, 0.2) is 11.6 Å². The van der Waals surface area contributed by atoms with E-state index in [1.54, 1.807) is 5.57 Å². The second-order valence-electron chi connectivity index (χ2n) is 3.98. The highest BCUT2D eigenvalue weighted by Gasteiger charge is 2.46. The maximum Gasteiger partial charge on any atom is 0.0897 e. The molecule has 0 aliphatic heterocycles. The van der Waals surface area contributed by atoms with Crippen LogP contribution in [0, 0.1) is 5.92 Å². The van der Waals surface area contributed by atoms with E-state index in [1.165, 1.54) is 25.7 Å². The van der Waals surface area contributed by atoms with E-state index < -0.39 is 0 Å². The molecule has 2 rings (SSSR count). The van der Waals surface area contributed by atoms with Crippen molar-refractivity contribution in [3.05, 3.63) is 11.6 Å². The summed E-state index contributed by atoms with van der Waals surface area (Å²) in [6.07, 6.45) is 7.52. The van der Waals surface area contributed by atoms with Gasteiger partial charge < -0.3 is 4.74 Å². The SMILES string of the molecule is CCOC12CCC(C=C1CC)C2. The Kier molecular flexibility index (Phi) is 1.99. The number of hydrogen-bond donors (Lipinski definition) is 0. The molecule has 2 atom stereocenters. The summed E-state index contributed by atoms with van der Waals surface area (Å²) in [5.41, 5.74) is 1.76. The fourth-order valence-corrected chi connectivity index (χ4v) is 2.86. The molecule has 0 saturated heterocycles. The maximum absolute atomic E-state index is 5.92. The Labute approximate surface area is 74.8 Å². The zero-order valence-corrected chi connectivity index (χ0v) is 8.10. The highest BCUT2D eigenvalue weighted by molar-refractivity contribution is 5.29. The normalized spacial score (nSPS) is 38.8. The molecule has 12 heavy (non-hydrogen) atoms. The van der Waals surface area contributed by atoms with Crippen LogP contribution >= 0.6 is 0 Å². The highest BCUT2D eigenvalue weighted by atomic mass is 16.5. The van der Waals surface area contributed by atoms with E-state index >= 15 is 0 Å². The van der Waals surface area contributed by atoms with Gasteiger partial charge in [-0.25, -0.2) is 0 Å². The lowest BCUT2D eigenvalue weighted by molar-refractivity contribution is -0.00349. The van der Waals surface area contributed by atoms with E-state index in [9.17, 15) is 0 Å². The molecule has 2 aliphatic rings. The molecular weight excluding hydrogens is 148 g/mol. The van der Waals surface area contributed by atoms with E-state index in [0.29, 0.717) is 0 Å². The van der Waals surface area contributed by atoms with Crippen LogP contribution in [0.1, 0.15) is 39.5 Å². The number of hydrogen-bond acceptors (Lipinski definition) is 1. The van der Waals surface area contributed by atoms with Crippen molar-refractivity contribution < 1.29 is 4.74 Å².